The Morgan fingerprint density at radius 3 is 3.00 bits per heavy atom. The number of nitrogens with one attached hydrogen (secondary N) is 1. The summed E-state index contributed by atoms with van der Waals surface area (Å²) < 4.78 is 6.80. The maximum absolute atomic E-state index is 10.6. The van der Waals surface area contributed by atoms with Gasteiger partial charge in [0, 0.05) is 12.3 Å². The van der Waals surface area contributed by atoms with Crippen LogP contribution in [0.3, 0.4) is 0 Å². The third-order valence-corrected chi connectivity index (χ3v) is 2.09. The molecule has 0 spiro atoms. The van der Waals surface area contributed by atoms with Crippen LogP contribution in [0.25, 0.3) is 5.52 Å². The fourth-order valence-electron chi connectivity index (χ4n) is 1.48. The second-order valence-corrected chi connectivity index (χ2v) is 2.99. The number of amides is 1. The summed E-state index contributed by atoms with van der Waals surface area (Å²) in [7, 11) is 1.50. The molecule has 2 rings (SSSR count). The van der Waals surface area contributed by atoms with E-state index < -0.39 is 6.09 Å². The van der Waals surface area contributed by atoms with E-state index in [4.69, 9.17) is 9.84 Å². The molecule has 0 fully saturated rings. The first-order valence-electron chi connectivity index (χ1n) is 4.36. The van der Waals surface area contributed by atoms with Crippen LogP contribution in [0, 0.1) is 0 Å². The van der Waals surface area contributed by atoms with Gasteiger partial charge < -0.3 is 14.2 Å². The molecule has 78 valence electrons. The molecule has 2 heterocycles. The number of methoxy groups -OCH3 is 1. The molecular formula is C10H10N2O3. The Morgan fingerprint density at radius 1 is 1.53 bits per heavy atom. The molecule has 0 atom stereocenters. The Balaban J connectivity index is 2.61. The molecule has 0 saturated carbocycles. The van der Waals surface area contributed by atoms with Gasteiger partial charge in [-0.1, -0.05) is 6.07 Å². The smallest absolute Gasteiger partial charge is 0.410 e. The largest absolute Gasteiger partial charge is 0.493 e. The fourth-order valence-corrected chi connectivity index (χ4v) is 1.48. The van der Waals surface area contributed by atoms with Crippen LogP contribution < -0.4 is 10.1 Å². The molecule has 0 unspecified atom stereocenters. The summed E-state index contributed by atoms with van der Waals surface area (Å²) in [5.41, 5.74) is 0.873. The van der Waals surface area contributed by atoms with Crippen molar-refractivity contribution in [1.29, 1.82) is 0 Å². The second kappa shape index (κ2) is 3.53. The lowest BCUT2D eigenvalue weighted by molar-refractivity contribution is 0.209. The van der Waals surface area contributed by atoms with E-state index in [2.05, 4.69) is 5.32 Å². The number of rotatable bonds is 2. The number of aromatic nitrogens is 1. The van der Waals surface area contributed by atoms with E-state index in [0.717, 1.165) is 5.52 Å². The van der Waals surface area contributed by atoms with Crippen molar-refractivity contribution >= 4 is 17.4 Å². The quantitative estimate of drug-likeness (QED) is 0.790. The van der Waals surface area contributed by atoms with E-state index in [1.165, 1.54) is 7.11 Å². The SMILES string of the molecule is COc1cc2ccccn2c1NC(=O)O. The summed E-state index contributed by atoms with van der Waals surface area (Å²) in [5.74, 6) is 0.921. The molecule has 2 N–H and O–H groups in total. The lowest BCUT2D eigenvalue weighted by Gasteiger charge is -2.04. The zero-order chi connectivity index (χ0) is 10.8. The van der Waals surface area contributed by atoms with Crippen LogP contribution in [0.4, 0.5) is 10.6 Å². The normalized spacial score (nSPS) is 10.2. The Bertz CT molecular complexity index is 504. The van der Waals surface area contributed by atoms with E-state index in [1.807, 2.05) is 18.2 Å². The molecule has 0 aromatic carbocycles. The summed E-state index contributed by atoms with van der Waals surface area (Å²) in [6, 6.07) is 7.33. The molecule has 1 amide bonds. The van der Waals surface area contributed by atoms with E-state index in [1.54, 1.807) is 16.7 Å². The minimum Gasteiger partial charge on any atom is -0.493 e. The Labute approximate surface area is 85.9 Å². The molecule has 0 saturated heterocycles. The molecule has 0 bridgehead atoms. The predicted octanol–water partition coefficient (Wildman–Crippen LogP) is 2.04. The van der Waals surface area contributed by atoms with Crippen LogP contribution in [-0.4, -0.2) is 22.7 Å². The van der Waals surface area contributed by atoms with E-state index in [-0.39, 0.29) is 0 Å². The monoisotopic (exact) mass is 206 g/mol. The van der Waals surface area contributed by atoms with Crippen molar-refractivity contribution < 1.29 is 14.6 Å². The van der Waals surface area contributed by atoms with Crippen molar-refractivity contribution in [2.24, 2.45) is 0 Å². The number of hydrogen-bond acceptors (Lipinski definition) is 2. The maximum atomic E-state index is 10.6. The molecule has 0 aliphatic rings. The van der Waals surface area contributed by atoms with Crippen LogP contribution in [0.15, 0.2) is 30.5 Å². The number of carbonyl (C=O) groups is 1. The highest BCUT2D eigenvalue weighted by Crippen LogP contribution is 2.28. The third kappa shape index (κ3) is 1.59. The van der Waals surface area contributed by atoms with E-state index in [9.17, 15) is 4.79 Å². The van der Waals surface area contributed by atoms with Crippen LogP contribution in [0.1, 0.15) is 0 Å². The first-order valence-corrected chi connectivity index (χ1v) is 4.36. The standard InChI is InChI=1S/C10H10N2O3/c1-15-8-6-7-4-2-3-5-12(7)9(8)11-10(13)14/h2-6,11H,1H3,(H,13,14). The zero-order valence-corrected chi connectivity index (χ0v) is 8.10. The molecular weight excluding hydrogens is 196 g/mol. The van der Waals surface area contributed by atoms with E-state index in [0.29, 0.717) is 11.6 Å². The van der Waals surface area contributed by atoms with Crippen molar-refractivity contribution in [1.82, 2.24) is 4.40 Å². The molecule has 2 aromatic heterocycles. The van der Waals surface area contributed by atoms with Gasteiger partial charge in [-0.3, -0.25) is 5.32 Å². The van der Waals surface area contributed by atoms with Gasteiger partial charge in [0.15, 0.2) is 11.6 Å². The third-order valence-electron chi connectivity index (χ3n) is 2.09. The van der Waals surface area contributed by atoms with Crippen LogP contribution in [0.2, 0.25) is 0 Å². The average Bonchev–Trinajstić information content (AvgIpc) is 2.56. The van der Waals surface area contributed by atoms with Gasteiger partial charge in [-0.05, 0) is 12.1 Å². The lowest BCUT2D eigenvalue weighted by Crippen LogP contribution is -2.10. The van der Waals surface area contributed by atoms with Crippen LogP contribution >= 0.6 is 0 Å². The highest BCUT2D eigenvalue weighted by molar-refractivity contribution is 5.85. The van der Waals surface area contributed by atoms with Gasteiger partial charge in [0.05, 0.1) is 12.6 Å². The summed E-state index contributed by atoms with van der Waals surface area (Å²) in [5, 5.41) is 11.0. The van der Waals surface area contributed by atoms with Crippen molar-refractivity contribution in [2.75, 3.05) is 12.4 Å². The number of ether oxygens (including phenoxy) is 1. The van der Waals surface area contributed by atoms with E-state index >= 15 is 0 Å². The number of fused-ring (bicyclic) bond motifs is 1. The molecule has 0 aliphatic heterocycles. The maximum Gasteiger partial charge on any atom is 0.410 e. The summed E-state index contributed by atoms with van der Waals surface area (Å²) in [4.78, 5) is 10.6. The molecule has 15 heavy (non-hydrogen) atoms. The number of hydrogen-bond donors (Lipinski definition) is 2. The number of nitrogens with zero attached hydrogens (tertiary/aromatic N) is 1. The Kier molecular flexibility index (Phi) is 2.21. The average molecular weight is 206 g/mol. The Hall–Kier alpha value is -2.17. The molecule has 5 nitrogen and oxygen atoms in total. The number of pyridine rings is 1. The zero-order valence-electron chi connectivity index (χ0n) is 8.10. The first kappa shape index (κ1) is 9.39. The second-order valence-electron chi connectivity index (χ2n) is 2.99. The van der Waals surface area contributed by atoms with Crippen molar-refractivity contribution in [3.63, 3.8) is 0 Å². The number of carboxylic acid groups (broad SMARTS) is 1. The summed E-state index contributed by atoms with van der Waals surface area (Å²) >= 11 is 0. The van der Waals surface area contributed by atoms with Crippen molar-refractivity contribution in [3.8, 4) is 5.75 Å². The first-order chi connectivity index (χ1) is 7.22. The summed E-state index contributed by atoms with van der Waals surface area (Å²) in [6.45, 7) is 0. The van der Waals surface area contributed by atoms with Gasteiger partial charge in [-0.2, -0.15) is 0 Å². The van der Waals surface area contributed by atoms with Gasteiger partial charge >= 0.3 is 6.09 Å². The lowest BCUT2D eigenvalue weighted by atomic mass is 10.4. The van der Waals surface area contributed by atoms with Crippen molar-refractivity contribution in [2.45, 2.75) is 0 Å². The highest BCUT2D eigenvalue weighted by Gasteiger charge is 2.11. The molecule has 2 aromatic rings. The summed E-state index contributed by atoms with van der Waals surface area (Å²) in [6.07, 6.45) is 0.653. The van der Waals surface area contributed by atoms with Gasteiger partial charge in [-0.15, -0.1) is 0 Å². The van der Waals surface area contributed by atoms with Crippen molar-refractivity contribution in [3.05, 3.63) is 30.5 Å². The molecule has 5 heteroatoms. The molecule has 0 radical (unpaired) electrons. The van der Waals surface area contributed by atoms with Gasteiger partial charge in [0.2, 0.25) is 0 Å². The van der Waals surface area contributed by atoms with Gasteiger partial charge in [0.25, 0.3) is 0 Å². The minimum absolute atomic E-state index is 0.417. The number of anilines is 1. The minimum atomic E-state index is -1.11. The fraction of sp³-hybridized carbons (Fsp3) is 0.100. The molecule has 0 aliphatic carbocycles. The van der Waals surface area contributed by atoms with Gasteiger partial charge in [0.1, 0.15) is 0 Å². The Morgan fingerprint density at radius 2 is 2.33 bits per heavy atom. The highest BCUT2D eigenvalue weighted by atomic mass is 16.5. The van der Waals surface area contributed by atoms with Crippen LogP contribution in [-0.2, 0) is 0 Å². The predicted molar refractivity (Wildman–Crippen MR) is 55.6 cm³/mol. The van der Waals surface area contributed by atoms with Crippen LogP contribution in [0.5, 0.6) is 5.75 Å². The van der Waals surface area contributed by atoms with Gasteiger partial charge in [-0.25, -0.2) is 4.79 Å². The topological polar surface area (TPSA) is 63.0 Å².